The van der Waals surface area contributed by atoms with Gasteiger partial charge in [-0.1, -0.05) is 0 Å². The summed E-state index contributed by atoms with van der Waals surface area (Å²) >= 11 is 0. The van der Waals surface area contributed by atoms with Gasteiger partial charge in [-0.25, -0.2) is 0 Å². The molecule has 0 spiro atoms. The Labute approximate surface area is 142 Å². The molecule has 24 heavy (non-hydrogen) atoms. The van der Waals surface area contributed by atoms with Gasteiger partial charge in [-0.05, 0) is 25.2 Å². The summed E-state index contributed by atoms with van der Waals surface area (Å²) in [5.41, 5.74) is 0. The highest BCUT2D eigenvalue weighted by Crippen LogP contribution is 2.21. The molecule has 0 radical (unpaired) electrons. The van der Waals surface area contributed by atoms with E-state index in [1.807, 2.05) is 0 Å². The smallest absolute Gasteiger partial charge is 0.303 e. The molecule has 8 nitrogen and oxygen atoms in total. The number of nitrogens with one attached hydrogen (secondary N) is 2. The molecular formula is C16H27N3O5. The van der Waals surface area contributed by atoms with E-state index in [2.05, 4.69) is 10.6 Å². The van der Waals surface area contributed by atoms with E-state index < -0.39 is 5.97 Å². The molecule has 1 atom stereocenters. The summed E-state index contributed by atoms with van der Waals surface area (Å²) in [5.74, 6) is -1.01. The van der Waals surface area contributed by atoms with Crippen LogP contribution in [0.25, 0.3) is 0 Å². The number of aliphatic carboxylic acids is 1. The van der Waals surface area contributed by atoms with E-state index in [4.69, 9.17) is 5.11 Å². The summed E-state index contributed by atoms with van der Waals surface area (Å²) in [4.78, 5) is 46.9. The fraction of sp³-hybridized carbons (Fsp3) is 0.750. The Balaban J connectivity index is 2.22. The maximum absolute atomic E-state index is 12.2. The summed E-state index contributed by atoms with van der Waals surface area (Å²) < 4.78 is 0. The minimum absolute atomic E-state index is 0.0629. The number of likely N-dealkylation sites (tertiary alicyclic amines) is 1. The Kier molecular flexibility index (Phi) is 8.81. The molecule has 3 amide bonds. The largest absolute Gasteiger partial charge is 0.481 e. The standard InChI is InChI=1S/C16H27N3O5/c1-12(20)17-8-9-18-14(21)5-6-15(22)19-10-2-3-13(11-19)4-7-16(23)24/h13H,2-11H2,1H3,(H,17,20)(H,18,21)(H,23,24). The van der Waals surface area contributed by atoms with Crippen LogP contribution in [0.2, 0.25) is 0 Å². The number of rotatable bonds is 9. The van der Waals surface area contributed by atoms with Gasteiger partial charge in [-0.15, -0.1) is 0 Å². The quantitative estimate of drug-likeness (QED) is 0.515. The second-order valence-electron chi connectivity index (χ2n) is 6.11. The minimum atomic E-state index is -0.811. The molecule has 0 saturated carbocycles. The normalized spacial score (nSPS) is 17.2. The molecule has 0 aromatic heterocycles. The van der Waals surface area contributed by atoms with Gasteiger partial charge in [0.2, 0.25) is 17.7 Å². The number of carbonyl (C=O) groups is 4. The molecule has 1 unspecified atom stereocenters. The third kappa shape index (κ3) is 8.50. The molecule has 1 rings (SSSR count). The molecule has 0 bridgehead atoms. The van der Waals surface area contributed by atoms with Crippen molar-refractivity contribution >= 4 is 23.7 Å². The lowest BCUT2D eigenvalue weighted by atomic mass is 9.93. The number of amides is 3. The van der Waals surface area contributed by atoms with Gasteiger partial charge in [0.25, 0.3) is 0 Å². The summed E-state index contributed by atoms with van der Waals surface area (Å²) in [6.07, 6.45) is 2.80. The second-order valence-corrected chi connectivity index (χ2v) is 6.11. The van der Waals surface area contributed by atoms with Crippen LogP contribution < -0.4 is 10.6 Å². The number of carbonyl (C=O) groups excluding carboxylic acids is 3. The molecule has 136 valence electrons. The van der Waals surface area contributed by atoms with Gasteiger partial charge in [0.05, 0.1) is 0 Å². The summed E-state index contributed by atoms with van der Waals surface area (Å²) in [6, 6.07) is 0. The molecule has 0 aliphatic carbocycles. The van der Waals surface area contributed by atoms with Crippen LogP contribution in [0.1, 0.15) is 45.4 Å². The van der Waals surface area contributed by atoms with Crippen molar-refractivity contribution in [1.82, 2.24) is 15.5 Å². The molecule has 0 aromatic rings. The lowest BCUT2D eigenvalue weighted by molar-refractivity contribution is -0.137. The number of hydrogen-bond acceptors (Lipinski definition) is 4. The molecule has 3 N–H and O–H groups in total. The predicted molar refractivity (Wildman–Crippen MR) is 87.1 cm³/mol. The molecular weight excluding hydrogens is 314 g/mol. The Morgan fingerprint density at radius 1 is 1.08 bits per heavy atom. The lowest BCUT2D eigenvalue weighted by Crippen LogP contribution is -2.40. The van der Waals surface area contributed by atoms with E-state index in [1.165, 1.54) is 6.92 Å². The Bertz CT molecular complexity index is 467. The van der Waals surface area contributed by atoms with Crippen LogP contribution in [0.15, 0.2) is 0 Å². The number of nitrogens with zero attached hydrogens (tertiary/aromatic N) is 1. The zero-order chi connectivity index (χ0) is 17.9. The number of hydrogen-bond donors (Lipinski definition) is 3. The molecule has 1 heterocycles. The van der Waals surface area contributed by atoms with Gasteiger partial charge in [0.1, 0.15) is 0 Å². The Hall–Kier alpha value is -2.12. The maximum atomic E-state index is 12.2. The van der Waals surface area contributed by atoms with Crippen molar-refractivity contribution in [2.45, 2.75) is 45.4 Å². The molecule has 1 aliphatic rings. The van der Waals surface area contributed by atoms with E-state index in [1.54, 1.807) is 4.90 Å². The third-order valence-electron chi connectivity index (χ3n) is 4.03. The highest BCUT2D eigenvalue weighted by atomic mass is 16.4. The van der Waals surface area contributed by atoms with Crippen molar-refractivity contribution in [3.05, 3.63) is 0 Å². The van der Waals surface area contributed by atoms with Crippen LogP contribution in [-0.4, -0.2) is 59.9 Å². The van der Waals surface area contributed by atoms with E-state index >= 15 is 0 Å². The van der Waals surface area contributed by atoms with Gasteiger partial charge in [-0.2, -0.15) is 0 Å². The average molecular weight is 341 g/mol. The summed E-state index contributed by atoms with van der Waals surface area (Å²) in [5, 5.41) is 14.0. The highest BCUT2D eigenvalue weighted by Gasteiger charge is 2.24. The zero-order valence-corrected chi connectivity index (χ0v) is 14.2. The van der Waals surface area contributed by atoms with Crippen molar-refractivity contribution in [1.29, 1.82) is 0 Å². The van der Waals surface area contributed by atoms with Crippen molar-refractivity contribution in [2.24, 2.45) is 5.92 Å². The van der Waals surface area contributed by atoms with Crippen molar-refractivity contribution in [2.75, 3.05) is 26.2 Å². The van der Waals surface area contributed by atoms with E-state index in [0.29, 0.717) is 32.6 Å². The van der Waals surface area contributed by atoms with Gasteiger partial charge in [-0.3, -0.25) is 19.2 Å². The first-order chi connectivity index (χ1) is 11.4. The van der Waals surface area contributed by atoms with Crippen LogP contribution in [-0.2, 0) is 19.2 Å². The number of carboxylic acid groups (broad SMARTS) is 1. The fourth-order valence-electron chi connectivity index (χ4n) is 2.76. The van der Waals surface area contributed by atoms with Crippen molar-refractivity contribution < 1.29 is 24.3 Å². The topological polar surface area (TPSA) is 116 Å². The Morgan fingerprint density at radius 3 is 2.46 bits per heavy atom. The van der Waals surface area contributed by atoms with Crippen LogP contribution in [0, 0.1) is 5.92 Å². The molecule has 8 heteroatoms. The van der Waals surface area contributed by atoms with Gasteiger partial charge in [0.15, 0.2) is 0 Å². The summed E-state index contributed by atoms with van der Waals surface area (Å²) in [7, 11) is 0. The van der Waals surface area contributed by atoms with Crippen molar-refractivity contribution in [3.8, 4) is 0 Å². The first kappa shape index (κ1) is 19.9. The molecule has 1 fully saturated rings. The number of piperidine rings is 1. The van der Waals surface area contributed by atoms with E-state index in [0.717, 1.165) is 12.8 Å². The average Bonchev–Trinajstić information content (AvgIpc) is 2.54. The molecule has 1 aliphatic heterocycles. The predicted octanol–water partition coefficient (Wildman–Crippen LogP) is 0.122. The lowest BCUT2D eigenvalue weighted by Gasteiger charge is -2.32. The van der Waals surface area contributed by atoms with Crippen LogP contribution >= 0.6 is 0 Å². The number of carboxylic acids is 1. The molecule has 1 saturated heterocycles. The fourth-order valence-corrected chi connectivity index (χ4v) is 2.76. The minimum Gasteiger partial charge on any atom is -0.481 e. The monoisotopic (exact) mass is 341 g/mol. The van der Waals surface area contributed by atoms with Gasteiger partial charge < -0.3 is 20.6 Å². The van der Waals surface area contributed by atoms with Gasteiger partial charge >= 0.3 is 5.97 Å². The first-order valence-electron chi connectivity index (χ1n) is 8.39. The van der Waals surface area contributed by atoms with Crippen molar-refractivity contribution in [3.63, 3.8) is 0 Å². The first-order valence-corrected chi connectivity index (χ1v) is 8.39. The van der Waals surface area contributed by atoms with Gasteiger partial charge in [0, 0.05) is 52.4 Å². The van der Waals surface area contributed by atoms with Crippen LogP contribution in [0.4, 0.5) is 0 Å². The second kappa shape index (κ2) is 10.6. The Morgan fingerprint density at radius 2 is 1.79 bits per heavy atom. The van der Waals surface area contributed by atoms with E-state index in [-0.39, 0.29) is 42.9 Å². The van der Waals surface area contributed by atoms with E-state index in [9.17, 15) is 19.2 Å². The van der Waals surface area contributed by atoms with Crippen LogP contribution in [0.3, 0.4) is 0 Å². The summed E-state index contributed by atoms with van der Waals surface area (Å²) in [6.45, 7) is 3.37. The molecule has 0 aromatic carbocycles. The zero-order valence-electron chi connectivity index (χ0n) is 14.2. The maximum Gasteiger partial charge on any atom is 0.303 e. The van der Waals surface area contributed by atoms with Crippen LogP contribution in [0.5, 0.6) is 0 Å². The SMILES string of the molecule is CC(=O)NCCNC(=O)CCC(=O)N1CCCC(CCC(=O)O)C1. The third-order valence-corrected chi connectivity index (χ3v) is 4.03. The highest BCUT2D eigenvalue weighted by molar-refractivity contribution is 5.83.